The summed E-state index contributed by atoms with van der Waals surface area (Å²) in [7, 11) is 0. The summed E-state index contributed by atoms with van der Waals surface area (Å²) in [6, 6.07) is 3.38. The van der Waals surface area contributed by atoms with Gasteiger partial charge in [0.15, 0.2) is 11.6 Å². The van der Waals surface area contributed by atoms with Crippen molar-refractivity contribution in [1.29, 1.82) is 0 Å². The number of rotatable bonds is 2. The van der Waals surface area contributed by atoms with E-state index >= 15 is 0 Å². The molecule has 0 saturated heterocycles. The second-order valence-electron chi connectivity index (χ2n) is 4.27. The van der Waals surface area contributed by atoms with Gasteiger partial charge >= 0.3 is 6.18 Å². The van der Waals surface area contributed by atoms with E-state index in [1.807, 2.05) is 0 Å². The van der Waals surface area contributed by atoms with Gasteiger partial charge < -0.3 is 5.11 Å². The molecule has 0 aromatic heterocycles. The van der Waals surface area contributed by atoms with Crippen molar-refractivity contribution in [3.8, 4) is 11.1 Å². The van der Waals surface area contributed by atoms with Gasteiger partial charge in [0, 0.05) is 11.6 Å². The van der Waals surface area contributed by atoms with Crippen LogP contribution in [-0.2, 0) is 12.8 Å². The van der Waals surface area contributed by atoms with E-state index < -0.39 is 46.9 Å². The molecular formula is C14H8F6O. The monoisotopic (exact) mass is 306 g/mol. The Bertz CT molecular complexity index is 678. The molecule has 0 spiro atoms. The first-order valence-corrected chi connectivity index (χ1v) is 5.70. The van der Waals surface area contributed by atoms with Crippen LogP contribution in [0.25, 0.3) is 11.1 Å². The average Bonchev–Trinajstić information content (AvgIpc) is 2.41. The lowest BCUT2D eigenvalue weighted by Gasteiger charge is -2.14. The van der Waals surface area contributed by atoms with Gasteiger partial charge in [0.2, 0.25) is 0 Å². The maximum atomic E-state index is 13.6. The second-order valence-corrected chi connectivity index (χ2v) is 4.27. The summed E-state index contributed by atoms with van der Waals surface area (Å²) in [5.41, 5.74) is -2.32. The van der Waals surface area contributed by atoms with Crippen LogP contribution < -0.4 is 0 Å². The summed E-state index contributed by atoms with van der Waals surface area (Å²) in [6.45, 7) is -0.852. The fraction of sp³-hybridized carbons (Fsp3) is 0.143. The molecule has 0 radical (unpaired) electrons. The van der Waals surface area contributed by atoms with Crippen LogP contribution in [0.5, 0.6) is 0 Å². The first-order chi connectivity index (χ1) is 9.74. The van der Waals surface area contributed by atoms with Crippen LogP contribution in [0.15, 0.2) is 30.3 Å². The van der Waals surface area contributed by atoms with E-state index in [-0.39, 0.29) is 11.6 Å². The Labute approximate surface area is 115 Å². The maximum Gasteiger partial charge on any atom is 0.416 e. The van der Waals surface area contributed by atoms with Gasteiger partial charge in [-0.25, -0.2) is 13.2 Å². The molecule has 0 aliphatic rings. The SMILES string of the molecule is OCc1ccc(-c2cc(F)c(F)cc2F)cc1C(F)(F)F. The molecule has 7 heteroatoms. The van der Waals surface area contributed by atoms with Crippen LogP contribution in [0.2, 0.25) is 0 Å². The van der Waals surface area contributed by atoms with E-state index in [0.717, 1.165) is 12.1 Å². The Hall–Kier alpha value is -2.02. The van der Waals surface area contributed by atoms with E-state index in [1.165, 1.54) is 0 Å². The number of alkyl halides is 3. The topological polar surface area (TPSA) is 20.2 Å². The van der Waals surface area contributed by atoms with Gasteiger partial charge in [0.1, 0.15) is 5.82 Å². The van der Waals surface area contributed by atoms with Gasteiger partial charge in [0.05, 0.1) is 12.2 Å². The number of hydrogen-bond donors (Lipinski definition) is 1. The van der Waals surface area contributed by atoms with Gasteiger partial charge in [-0.2, -0.15) is 13.2 Å². The minimum absolute atomic E-state index is 0.262. The van der Waals surface area contributed by atoms with Crippen LogP contribution in [0.1, 0.15) is 11.1 Å². The minimum atomic E-state index is -4.76. The third-order valence-electron chi connectivity index (χ3n) is 2.91. The Balaban J connectivity index is 2.63. The first kappa shape index (κ1) is 15.4. The Morgan fingerprint density at radius 3 is 2.05 bits per heavy atom. The summed E-state index contributed by atoms with van der Waals surface area (Å²) in [5.74, 6) is -3.98. The molecule has 21 heavy (non-hydrogen) atoms. The zero-order valence-corrected chi connectivity index (χ0v) is 10.3. The Kier molecular flexibility index (Phi) is 3.95. The van der Waals surface area contributed by atoms with Crippen LogP contribution in [0.3, 0.4) is 0 Å². The lowest BCUT2D eigenvalue weighted by Crippen LogP contribution is -2.09. The fourth-order valence-electron chi connectivity index (χ4n) is 1.89. The number of halogens is 6. The number of aliphatic hydroxyl groups excluding tert-OH is 1. The van der Waals surface area contributed by atoms with Crippen molar-refractivity contribution in [1.82, 2.24) is 0 Å². The number of aliphatic hydroxyl groups is 1. The fourth-order valence-corrected chi connectivity index (χ4v) is 1.89. The van der Waals surface area contributed by atoms with E-state index in [4.69, 9.17) is 5.11 Å². The Morgan fingerprint density at radius 1 is 0.857 bits per heavy atom. The van der Waals surface area contributed by atoms with Crippen LogP contribution in [0.4, 0.5) is 26.3 Å². The van der Waals surface area contributed by atoms with Crippen molar-refractivity contribution in [3.63, 3.8) is 0 Å². The highest BCUT2D eigenvalue weighted by Crippen LogP contribution is 2.36. The van der Waals surface area contributed by atoms with Gasteiger partial charge in [-0.05, 0) is 23.3 Å². The van der Waals surface area contributed by atoms with Crippen molar-refractivity contribution in [2.24, 2.45) is 0 Å². The molecule has 0 saturated carbocycles. The normalized spacial score (nSPS) is 11.8. The average molecular weight is 306 g/mol. The zero-order chi connectivity index (χ0) is 15.8. The van der Waals surface area contributed by atoms with Crippen LogP contribution in [0, 0.1) is 17.5 Å². The lowest BCUT2D eigenvalue weighted by molar-refractivity contribution is -0.138. The molecule has 0 bridgehead atoms. The molecule has 2 aromatic rings. The lowest BCUT2D eigenvalue weighted by atomic mass is 9.98. The predicted molar refractivity (Wildman–Crippen MR) is 62.7 cm³/mol. The minimum Gasteiger partial charge on any atom is -0.392 e. The summed E-state index contributed by atoms with van der Waals surface area (Å²) < 4.78 is 78.1. The molecule has 0 aliphatic carbocycles. The molecule has 0 amide bonds. The largest absolute Gasteiger partial charge is 0.416 e. The molecule has 1 N–H and O–H groups in total. The summed E-state index contributed by atoms with van der Waals surface area (Å²) in [6.07, 6.45) is -4.76. The van der Waals surface area contributed by atoms with Crippen molar-refractivity contribution in [2.45, 2.75) is 12.8 Å². The quantitative estimate of drug-likeness (QED) is 0.648. The van der Waals surface area contributed by atoms with Crippen molar-refractivity contribution in [2.75, 3.05) is 0 Å². The zero-order valence-electron chi connectivity index (χ0n) is 10.3. The summed E-state index contributed by atoms with van der Waals surface area (Å²) >= 11 is 0. The third kappa shape index (κ3) is 3.02. The van der Waals surface area contributed by atoms with Crippen molar-refractivity contribution >= 4 is 0 Å². The summed E-state index contributed by atoms with van der Waals surface area (Å²) in [5, 5.41) is 8.89. The molecule has 0 atom stereocenters. The smallest absolute Gasteiger partial charge is 0.392 e. The number of hydrogen-bond acceptors (Lipinski definition) is 1. The van der Waals surface area contributed by atoms with E-state index in [1.54, 1.807) is 0 Å². The van der Waals surface area contributed by atoms with Crippen LogP contribution >= 0.6 is 0 Å². The molecule has 0 heterocycles. The predicted octanol–water partition coefficient (Wildman–Crippen LogP) is 4.28. The molecule has 2 rings (SSSR count). The highest BCUT2D eigenvalue weighted by atomic mass is 19.4. The van der Waals surface area contributed by atoms with Crippen molar-refractivity contribution in [3.05, 3.63) is 58.9 Å². The molecule has 2 aromatic carbocycles. The molecular weight excluding hydrogens is 298 g/mol. The highest BCUT2D eigenvalue weighted by molar-refractivity contribution is 5.66. The van der Waals surface area contributed by atoms with E-state index in [0.29, 0.717) is 12.1 Å². The maximum absolute atomic E-state index is 13.6. The molecule has 0 aliphatic heterocycles. The van der Waals surface area contributed by atoms with Gasteiger partial charge in [-0.3, -0.25) is 0 Å². The second kappa shape index (κ2) is 5.40. The van der Waals surface area contributed by atoms with Gasteiger partial charge in [-0.15, -0.1) is 0 Å². The molecule has 0 fully saturated rings. The third-order valence-corrected chi connectivity index (χ3v) is 2.91. The standard InChI is InChI=1S/C14H8F6O/c15-11-5-13(17)12(16)4-9(11)7-1-2-8(6-21)10(3-7)14(18,19)20/h1-5,21H,6H2. The van der Waals surface area contributed by atoms with E-state index in [9.17, 15) is 26.3 Å². The highest BCUT2D eigenvalue weighted by Gasteiger charge is 2.33. The van der Waals surface area contributed by atoms with Gasteiger partial charge in [0.25, 0.3) is 0 Å². The van der Waals surface area contributed by atoms with Crippen LogP contribution in [-0.4, -0.2) is 5.11 Å². The molecule has 1 nitrogen and oxygen atoms in total. The van der Waals surface area contributed by atoms with Crippen molar-refractivity contribution < 1.29 is 31.4 Å². The Morgan fingerprint density at radius 2 is 1.48 bits per heavy atom. The molecule has 112 valence electrons. The first-order valence-electron chi connectivity index (χ1n) is 5.70. The molecule has 0 unspecified atom stereocenters. The number of benzene rings is 2. The van der Waals surface area contributed by atoms with E-state index in [2.05, 4.69) is 0 Å². The van der Waals surface area contributed by atoms with Gasteiger partial charge in [-0.1, -0.05) is 12.1 Å². The summed E-state index contributed by atoms with van der Waals surface area (Å²) in [4.78, 5) is 0.